The number of likely N-dealkylation sites (N-methyl/N-ethyl adjacent to an activating group) is 1. The van der Waals surface area contributed by atoms with Gasteiger partial charge in [0.25, 0.3) is 0 Å². The molecule has 0 aromatic heterocycles. The van der Waals surface area contributed by atoms with E-state index in [0.717, 1.165) is 25.1 Å². The molecule has 2 rings (SSSR count). The fraction of sp³-hybridized carbons (Fsp3) is 0.529. The van der Waals surface area contributed by atoms with Gasteiger partial charge >= 0.3 is 0 Å². The van der Waals surface area contributed by atoms with Crippen molar-refractivity contribution in [3.8, 4) is 0 Å². The Hall–Kier alpha value is -1.88. The van der Waals surface area contributed by atoms with Crippen LogP contribution in [0.5, 0.6) is 0 Å². The zero-order valence-electron chi connectivity index (χ0n) is 13.8. The smallest absolute Gasteiger partial charge is 0.250 e. The summed E-state index contributed by atoms with van der Waals surface area (Å²) in [6, 6.07) is 7.44. The van der Waals surface area contributed by atoms with E-state index in [2.05, 4.69) is 12.2 Å². The van der Waals surface area contributed by atoms with Crippen LogP contribution in [-0.2, 0) is 9.59 Å². The van der Waals surface area contributed by atoms with Crippen molar-refractivity contribution in [2.45, 2.75) is 39.2 Å². The normalized spacial score (nSPS) is 16.4. The van der Waals surface area contributed by atoms with Gasteiger partial charge in [-0.2, -0.15) is 0 Å². The molecule has 1 N–H and O–H groups in total. The average molecular weight is 303 g/mol. The summed E-state index contributed by atoms with van der Waals surface area (Å²) >= 11 is 0. The van der Waals surface area contributed by atoms with Gasteiger partial charge in [-0.05, 0) is 46.0 Å². The molecular weight excluding hydrogens is 278 g/mol. The quantitative estimate of drug-likeness (QED) is 0.909. The van der Waals surface area contributed by atoms with Gasteiger partial charge in [0, 0.05) is 0 Å². The summed E-state index contributed by atoms with van der Waals surface area (Å²) in [6.45, 7) is 6.88. The highest BCUT2D eigenvalue weighted by atomic mass is 16.2. The van der Waals surface area contributed by atoms with E-state index in [0.29, 0.717) is 12.2 Å². The van der Waals surface area contributed by atoms with Crippen molar-refractivity contribution in [3.63, 3.8) is 0 Å². The van der Waals surface area contributed by atoms with E-state index in [-0.39, 0.29) is 11.8 Å². The molecule has 1 aromatic rings. The van der Waals surface area contributed by atoms with E-state index < -0.39 is 5.54 Å². The van der Waals surface area contributed by atoms with Crippen LogP contribution in [0.15, 0.2) is 24.3 Å². The third-order valence-electron chi connectivity index (χ3n) is 4.06. The molecule has 22 heavy (non-hydrogen) atoms. The Bertz CT molecular complexity index is 569. The number of rotatable bonds is 5. The summed E-state index contributed by atoms with van der Waals surface area (Å²) < 4.78 is 0. The Balaban J connectivity index is 2.26. The summed E-state index contributed by atoms with van der Waals surface area (Å²) in [5.74, 6) is -0.207. The number of carbonyl (C=O) groups excluding carboxylic acids is 2. The maximum absolute atomic E-state index is 12.8. The van der Waals surface area contributed by atoms with Crippen LogP contribution in [0.3, 0.4) is 0 Å². The minimum Gasteiger partial charge on any atom is -0.322 e. The summed E-state index contributed by atoms with van der Waals surface area (Å²) in [6.07, 6.45) is 2.16. The van der Waals surface area contributed by atoms with Crippen LogP contribution >= 0.6 is 0 Å². The van der Waals surface area contributed by atoms with Crippen LogP contribution < -0.4 is 10.2 Å². The standard InChI is InChI=1S/C17H25N3O2/c1-5-6-11-19(4)12-15(21)20-14-10-8-7-9-13(14)18-16(22)17(20,2)3/h7-10H,5-6,11-12H2,1-4H3,(H,18,22). The molecule has 2 amide bonds. The highest BCUT2D eigenvalue weighted by Crippen LogP contribution is 2.36. The van der Waals surface area contributed by atoms with Gasteiger partial charge in [-0.25, -0.2) is 0 Å². The van der Waals surface area contributed by atoms with Crippen molar-refractivity contribution in [1.29, 1.82) is 0 Å². The highest BCUT2D eigenvalue weighted by molar-refractivity contribution is 6.14. The van der Waals surface area contributed by atoms with Gasteiger partial charge in [0.2, 0.25) is 11.8 Å². The number of para-hydroxylation sites is 2. The maximum atomic E-state index is 12.8. The SMILES string of the molecule is CCCCN(C)CC(=O)N1c2ccccc2NC(=O)C1(C)C. The lowest BCUT2D eigenvalue weighted by Gasteiger charge is -2.42. The van der Waals surface area contributed by atoms with E-state index in [9.17, 15) is 9.59 Å². The molecule has 1 aromatic carbocycles. The number of anilines is 2. The van der Waals surface area contributed by atoms with Crippen molar-refractivity contribution in [2.75, 3.05) is 30.4 Å². The lowest BCUT2D eigenvalue weighted by atomic mass is 9.96. The fourth-order valence-corrected chi connectivity index (χ4v) is 2.71. The van der Waals surface area contributed by atoms with Crippen LogP contribution in [0.25, 0.3) is 0 Å². The first kappa shape index (κ1) is 16.5. The van der Waals surface area contributed by atoms with Crippen LogP contribution in [0, 0.1) is 0 Å². The van der Waals surface area contributed by atoms with Crippen molar-refractivity contribution in [3.05, 3.63) is 24.3 Å². The fourth-order valence-electron chi connectivity index (χ4n) is 2.71. The topological polar surface area (TPSA) is 52.7 Å². The molecule has 5 heteroatoms. The number of nitrogens with one attached hydrogen (secondary N) is 1. The first-order valence-corrected chi connectivity index (χ1v) is 7.80. The lowest BCUT2D eigenvalue weighted by molar-refractivity contribution is -0.127. The summed E-state index contributed by atoms with van der Waals surface area (Å²) in [4.78, 5) is 28.8. The molecule has 120 valence electrons. The van der Waals surface area contributed by atoms with Crippen molar-refractivity contribution in [1.82, 2.24) is 4.90 Å². The molecule has 0 saturated carbocycles. The van der Waals surface area contributed by atoms with Gasteiger partial charge in [-0.15, -0.1) is 0 Å². The van der Waals surface area contributed by atoms with E-state index in [4.69, 9.17) is 0 Å². The minimum atomic E-state index is -0.892. The monoisotopic (exact) mass is 303 g/mol. The van der Waals surface area contributed by atoms with Gasteiger partial charge in [0.15, 0.2) is 0 Å². The van der Waals surface area contributed by atoms with Crippen LogP contribution in [0.1, 0.15) is 33.6 Å². The minimum absolute atomic E-state index is 0.0501. The average Bonchev–Trinajstić information content (AvgIpc) is 2.46. The van der Waals surface area contributed by atoms with Crippen molar-refractivity contribution in [2.24, 2.45) is 0 Å². The molecule has 0 radical (unpaired) electrons. The number of nitrogens with zero attached hydrogens (tertiary/aromatic N) is 2. The van der Waals surface area contributed by atoms with E-state index in [1.807, 2.05) is 36.2 Å². The number of hydrogen-bond donors (Lipinski definition) is 1. The van der Waals surface area contributed by atoms with Crippen LogP contribution in [0.2, 0.25) is 0 Å². The van der Waals surface area contributed by atoms with Crippen LogP contribution in [-0.4, -0.2) is 42.4 Å². The zero-order chi connectivity index (χ0) is 16.3. The molecular formula is C17H25N3O2. The van der Waals surface area contributed by atoms with E-state index in [1.54, 1.807) is 18.7 Å². The zero-order valence-corrected chi connectivity index (χ0v) is 13.8. The maximum Gasteiger partial charge on any atom is 0.250 e. The predicted molar refractivity (Wildman–Crippen MR) is 89.0 cm³/mol. The molecule has 0 fully saturated rings. The van der Waals surface area contributed by atoms with Crippen molar-refractivity contribution >= 4 is 23.2 Å². The molecule has 0 spiro atoms. The molecule has 1 heterocycles. The number of hydrogen-bond acceptors (Lipinski definition) is 3. The Morgan fingerprint density at radius 3 is 2.68 bits per heavy atom. The second kappa shape index (κ2) is 6.48. The number of unbranched alkanes of at least 4 members (excludes halogenated alkanes) is 1. The molecule has 0 atom stereocenters. The third-order valence-corrected chi connectivity index (χ3v) is 4.06. The molecule has 0 bridgehead atoms. The summed E-state index contributed by atoms with van der Waals surface area (Å²) in [5.41, 5.74) is 0.564. The molecule has 0 saturated heterocycles. The Kier molecular flexibility index (Phi) is 4.86. The van der Waals surface area contributed by atoms with Gasteiger partial charge < -0.3 is 5.32 Å². The number of fused-ring (bicyclic) bond motifs is 1. The first-order chi connectivity index (χ1) is 10.4. The van der Waals surface area contributed by atoms with E-state index >= 15 is 0 Å². The number of carbonyl (C=O) groups is 2. The summed E-state index contributed by atoms with van der Waals surface area (Å²) in [5, 5.41) is 2.88. The van der Waals surface area contributed by atoms with E-state index in [1.165, 1.54) is 0 Å². The van der Waals surface area contributed by atoms with Gasteiger partial charge in [-0.1, -0.05) is 25.5 Å². The third kappa shape index (κ3) is 3.14. The van der Waals surface area contributed by atoms with Crippen molar-refractivity contribution < 1.29 is 9.59 Å². The number of amides is 2. The van der Waals surface area contributed by atoms with Gasteiger partial charge in [0.05, 0.1) is 17.9 Å². The molecule has 0 unspecified atom stereocenters. The highest BCUT2D eigenvalue weighted by Gasteiger charge is 2.43. The largest absolute Gasteiger partial charge is 0.322 e. The molecule has 1 aliphatic rings. The number of benzene rings is 1. The Labute approximate surface area is 132 Å². The second-order valence-corrected chi connectivity index (χ2v) is 6.35. The van der Waals surface area contributed by atoms with Gasteiger partial charge in [0.1, 0.15) is 5.54 Å². The Morgan fingerprint density at radius 1 is 1.32 bits per heavy atom. The molecule has 0 aliphatic carbocycles. The predicted octanol–water partition coefficient (Wildman–Crippen LogP) is 2.48. The summed E-state index contributed by atoms with van der Waals surface area (Å²) in [7, 11) is 1.94. The van der Waals surface area contributed by atoms with Gasteiger partial charge in [-0.3, -0.25) is 19.4 Å². The molecule has 5 nitrogen and oxygen atoms in total. The Morgan fingerprint density at radius 2 is 2.00 bits per heavy atom. The molecule has 1 aliphatic heterocycles. The lowest BCUT2D eigenvalue weighted by Crippen LogP contribution is -2.60. The second-order valence-electron chi connectivity index (χ2n) is 6.35. The van der Waals surface area contributed by atoms with Crippen LogP contribution in [0.4, 0.5) is 11.4 Å². The first-order valence-electron chi connectivity index (χ1n) is 7.80.